The average molecular weight is 414 g/mol. The van der Waals surface area contributed by atoms with Crippen LogP contribution >= 0.6 is 23.2 Å². The zero-order chi connectivity index (χ0) is 19.6. The molecule has 2 aliphatic heterocycles. The van der Waals surface area contributed by atoms with E-state index < -0.39 is 12.1 Å². The van der Waals surface area contributed by atoms with Crippen LogP contribution in [0, 0.1) is 0 Å². The fourth-order valence-electron chi connectivity index (χ4n) is 4.47. The second-order valence-electron chi connectivity index (χ2n) is 7.12. The van der Waals surface area contributed by atoms with Gasteiger partial charge in [0.2, 0.25) is 0 Å². The Morgan fingerprint density at radius 1 is 1.14 bits per heavy atom. The highest BCUT2D eigenvalue weighted by Crippen LogP contribution is 2.45. The highest BCUT2D eigenvalue weighted by atomic mass is 35.5. The number of rotatable bonds is 2. The largest absolute Gasteiger partial charge is 0.356 e. The molecule has 142 valence electrons. The Balaban J connectivity index is 1.78. The number of hydrogen-bond acceptors (Lipinski definition) is 2. The molecule has 0 radical (unpaired) electrons. The minimum Gasteiger partial charge on any atom is -0.356 e. The van der Waals surface area contributed by atoms with E-state index in [1.165, 1.54) is 4.90 Å². The SMILES string of the molecule is CCN1C(=O)[C@@H]2Cc3c([nH]c4ccccc34)[C@@H](c3ccc(Cl)cc3Cl)N2C1=O. The molecule has 3 aromatic rings. The van der Waals surface area contributed by atoms with Crippen molar-refractivity contribution >= 4 is 46.0 Å². The van der Waals surface area contributed by atoms with E-state index in [1.807, 2.05) is 37.3 Å². The minimum atomic E-state index is -0.532. The lowest BCUT2D eigenvalue weighted by molar-refractivity contribution is -0.128. The Labute approximate surface area is 171 Å². The molecule has 28 heavy (non-hydrogen) atoms. The Morgan fingerprint density at radius 2 is 1.93 bits per heavy atom. The number of nitrogens with zero attached hydrogens (tertiary/aromatic N) is 2. The third-order valence-corrected chi connectivity index (χ3v) is 6.27. The van der Waals surface area contributed by atoms with E-state index >= 15 is 0 Å². The number of benzene rings is 2. The number of urea groups is 1. The first kappa shape index (κ1) is 17.6. The predicted molar refractivity (Wildman–Crippen MR) is 109 cm³/mol. The molecule has 5 rings (SSSR count). The molecule has 0 saturated carbocycles. The smallest absolute Gasteiger partial charge is 0.328 e. The monoisotopic (exact) mass is 413 g/mol. The van der Waals surface area contributed by atoms with Crippen molar-refractivity contribution in [1.82, 2.24) is 14.8 Å². The zero-order valence-corrected chi connectivity index (χ0v) is 16.6. The topological polar surface area (TPSA) is 56.4 Å². The normalized spacial score (nSPS) is 21.4. The van der Waals surface area contributed by atoms with Crippen LogP contribution in [0.2, 0.25) is 10.0 Å². The van der Waals surface area contributed by atoms with Gasteiger partial charge in [0.05, 0.1) is 0 Å². The summed E-state index contributed by atoms with van der Waals surface area (Å²) in [5, 5.41) is 2.07. The molecule has 1 saturated heterocycles. The van der Waals surface area contributed by atoms with E-state index in [2.05, 4.69) is 4.98 Å². The first-order chi connectivity index (χ1) is 13.5. The molecular formula is C21H17Cl2N3O2. The number of halogens is 2. The highest BCUT2D eigenvalue weighted by Gasteiger charge is 2.52. The van der Waals surface area contributed by atoms with E-state index in [1.54, 1.807) is 17.0 Å². The number of aromatic amines is 1. The zero-order valence-electron chi connectivity index (χ0n) is 15.1. The average Bonchev–Trinajstić information content (AvgIpc) is 3.16. The third-order valence-electron chi connectivity index (χ3n) is 5.71. The van der Waals surface area contributed by atoms with Crippen molar-refractivity contribution in [3.8, 4) is 0 Å². The lowest BCUT2D eigenvalue weighted by atomic mass is 9.89. The summed E-state index contributed by atoms with van der Waals surface area (Å²) in [6, 6.07) is 12.0. The standard InChI is InChI=1S/C21H17Cl2N3O2/c1-2-25-20(27)17-10-14-12-5-3-4-6-16(12)24-18(14)19(26(17)21(25)28)13-8-7-11(22)9-15(13)23/h3-9,17,19,24H,2,10H2,1H3/t17-,19+/m0/s1. The number of carbonyl (C=O) groups is 2. The van der Waals surface area contributed by atoms with Gasteiger partial charge in [-0.1, -0.05) is 47.5 Å². The molecule has 0 aliphatic carbocycles. The first-order valence-electron chi connectivity index (χ1n) is 9.19. The molecule has 0 spiro atoms. The lowest BCUT2D eigenvalue weighted by Crippen LogP contribution is -2.44. The van der Waals surface area contributed by atoms with Gasteiger partial charge in [-0.15, -0.1) is 0 Å². The summed E-state index contributed by atoms with van der Waals surface area (Å²) in [6.07, 6.45) is 0.488. The Morgan fingerprint density at radius 3 is 2.68 bits per heavy atom. The van der Waals surface area contributed by atoms with Crippen LogP contribution in [0.15, 0.2) is 42.5 Å². The number of likely N-dealkylation sites (N-methyl/N-ethyl adjacent to an activating group) is 1. The van der Waals surface area contributed by atoms with Gasteiger partial charge in [0.15, 0.2) is 0 Å². The van der Waals surface area contributed by atoms with Gasteiger partial charge in [-0.25, -0.2) is 4.79 Å². The fraction of sp³-hybridized carbons (Fsp3) is 0.238. The molecule has 5 nitrogen and oxygen atoms in total. The molecule has 3 heterocycles. The summed E-state index contributed by atoms with van der Waals surface area (Å²) in [5.41, 5.74) is 3.70. The minimum absolute atomic E-state index is 0.154. The van der Waals surface area contributed by atoms with Gasteiger partial charge in [0.25, 0.3) is 5.91 Å². The van der Waals surface area contributed by atoms with Crippen LogP contribution in [0.25, 0.3) is 10.9 Å². The van der Waals surface area contributed by atoms with Crippen LogP contribution in [0.5, 0.6) is 0 Å². The molecule has 2 aromatic carbocycles. The Kier molecular flexibility index (Phi) is 3.93. The van der Waals surface area contributed by atoms with E-state index in [4.69, 9.17) is 23.2 Å². The van der Waals surface area contributed by atoms with Crippen LogP contribution < -0.4 is 0 Å². The second-order valence-corrected chi connectivity index (χ2v) is 7.97. The van der Waals surface area contributed by atoms with Gasteiger partial charge in [-0.2, -0.15) is 0 Å². The highest BCUT2D eigenvalue weighted by molar-refractivity contribution is 6.35. The molecule has 3 amide bonds. The summed E-state index contributed by atoms with van der Waals surface area (Å²) in [7, 11) is 0. The summed E-state index contributed by atoms with van der Waals surface area (Å²) in [6.45, 7) is 2.16. The van der Waals surface area contributed by atoms with E-state index in [0.717, 1.165) is 27.7 Å². The van der Waals surface area contributed by atoms with Crippen molar-refractivity contribution in [2.75, 3.05) is 6.54 Å². The summed E-state index contributed by atoms with van der Waals surface area (Å²) < 4.78 is 0. The van der Waals surface area contributed by atoms with Crippen LogP contribution in [-0.2, 0) is 11.2 Å². The second kappa shape index (κ2) is 6.26. The quantitative estimate of drug-likeness (QED) is 0.614. The van der Waals surface area contributed by atoms with Gasteiger partial charge >= 0.3 is 6.03 Å². The number of carbonyl (C=O) groups excluding carboxylic acids is 2. The van der Waals surface area contributed by atoms with Crippen LogP contribution in [0.3, 0.4) is 0 Å². The van der Waals surface area contributed by atoms with Crippen LogP contribution in [0.1, 0.15) is 29.8 Å². The number of nitrogens with one attached hydrogen (secondary N) is 1. The maximum absolute atomic E-state index is 13.1. The van der Waals surface area contributed by atoms with Crippen molar-refractivity contribution in [2.45, 2.75) is 25.4 Å². The Hall–Kier alpha value is -2.50. The number of para-hydroxylation sites is 1. The first-order valence-corrected chi connectivity index (χ1v) is 9.95. The predicted octanol–water partition coefficient (Wildman–Crippen LogP) is 4.77. The van der Waals surface area contributed by atoms with Crippen molar-refractivity contribution < 1.29 is 9.59 Å². The number of imide groups is 1. The van der Waals surface area contributed by atoms with Gasteiger partial charge in [-0.3, -0.25) is 14.6 Å². The molecule has 1 fully saturated rings. The molecule has 1 aromatic heterocycles. The summed E-state index contributed by atoms with van der Waals surface area (Å²) >= 11 is 12.6. The maximum Gasteiger partial charge on any atom is 0.328 e. The van der Waals surface area contributed by atoms with Crippen LogP contribution in [0.4, 0.5) is 4.79 Å². The number of hydrogen-bond donors (Lipinski definition) is 1. The van der Waals surface area contributed by atoms with Gasteiger partial charge in [0, 0.05) is 39.6 Å². The number of H-pyrrole nitrogens is 1. The van der Waals surface area contributed by atoms with Gasteiger partial charge in [0.1, 0.15) is 12.1 Å². The van der Waals surface area contributed by atoms with E-state index in [-0.39, 0.29) is 11.9 Å². The van der Waals surface area contributed by atoms with Gasteiger partial charge < -0.3 is 4.98 Å². The van der Waals surface area contributed by atoms with Crippen molar-refractivity contribution in [2.24, 2.45) is 0 Å². The van der Waals surface area contributed by atoms with Crippen molar-refractivity contribution in [3.05, 3.63) is 69.3 Å². The van der Waals surface area contributed by atoms with Crippen molar-refractivity contribution in [3.63, 3.8) is 0 Å². The third kappa shape index (κ3) is 2.33. The Bertz CT molecular complexity index is 1140. The van der Waals surface area contributed by atoms with Crippen LogP contribution in [-0.4, -0.2) is 39.3 Å². The number of amides is 3. The van der Waals surface area contributed by atoms with E-state index in [9.17, 15) is 9.59 Å². The summed E-state index contributed by atoms with van der Waals surface area (Å²) in [4.78, 5) is 32.5. The molecule has 1 N–H and O–H groups in total. The fourth-order valence-corrected chi connectivity index (χ4v) is 4.98. The van der Waals surface area contributed by atoms with E-state index in [0.29, 0.717) is 23.0 Å². The lowest BCUT2D eigenvalue weighted by Gasteiger charge is -2.36. The van der Waals surface area contributed by atoms with Crippen molar-refractivity contribution in [1.29, 1.82) is 0 Å². The number of fused-ring (bicyclic) bond motifs is 4. The molecular weight excluding hydrogens is 397 g/mol. The maximum atomic E-state index is 13.1. The molecule has 0 unspecified atom stereocenters. The van der Waals surface area contributed by atoms with Gasteiger partial charge in [-0.05, 0) is 36.2 Å². The number of aromatic nitrogens is 1. The summed E-state index contributed by atoms with van der Waals surface area (Å²) in [5.74, 6) is -0.154. The molecule has 2 aliphatic rings. The molecule has 2 atom stereocenters. The molecule has 7 heteroatoms. The molecule has 0 bridgehead atoms.